The van der Waals surface area contributed by atoms with E-state index in [4.69, 9.17) is 16.4 Å². The summed E-state index contributed by atoms with van der Waals surface area (Å²) in [6.07, 6.45) is 1.77. The molecule has 0 saturated carbocycles. The number of benzene rings is 1. The van der Waals surface area contributed by atoms with Crippen LogP contribution in [0.4, 0.5) is 0 Å². The Morgan fingerprint density at radius 3 is 2.58 bits per heavy atom. The predicted molar refractivity (Wildman–Crippen MR) is 47.3 cm³/mol. The van der Waals surface area contributed by atoms with Crippen molar-refractivity contribution in [3.63, 3.8) is 0 Å². The van der Waals surface area contributed by atoms with Gasteiger partial charge in [-0.25, -0.2) is 0 Å². The van der Waals surface area contributed by atoms with E-state index >= 15 is 0 Å². The highest BCUT2D eigenvalue weighted by Crippen LogP contribution is 2.24. The molecule has 0 aliphatic carbocycles. The summed E-state index contributed by atoms with van der Waals surface area (Å²) in [6.45, 7) is 0. The smallest absolute Gasteiger partial charge is 0.132 e. The second kappa shape index (κ2) is 3.17. The van der Waals surface area contributed by atoms with Gasteiger partial charge in [0.2, 0.25) is 0 Å². The van der Waals surface area contributed by atoms with Crippen LogP contribution in [0.25, 0.3) is 0 Å². The van der Waals surface area contributed by atoms with Crippen LogP contribution >= 0.6 is 11.6 Å². The van der Waals surface area contributed by atoms with Crippen molar-refractivity contribution in [2.45, 2.75) is 6.10 Å². The van der Waals surface area contributed by atoms with Gasteiger partial charge in [0.15, 0.2) is 0 Å². The Balaban J connectivity index is 2.22. The molecule has 0 bridgehead atoms. The summed E-state index contributed by atoms with van der Waals surface area (Å²) in [5.74, 6) is 0. The van der Waals surface area contributed by atoms with Crippen molar-refractivity contribution in [3.8, 4) is 0 Å². The van der Waals surface area contributed by atoms with Crippen LogP contribution in [0.3, 0.4) is 0 Å². The minimum Gasteiger partial charge on any atom is -0.263 e. The Morgan fingerprint density at radius 2 is 2.00 bits per heavy atom. The highest BCUT2D eigenvalue weighted by Gasteiger charge is 2.15. The SMILES string of the molecule is ClC1=CC(c2ccccc2)ON1. The normalized spacial score (nSPS) is 21.8. The lowest BCUT2D eigenvalue weighted by atomic mass is 10.1. The zero-order chi connectivity index (χ0) is 8.39. The molecule has 1 aliphatic rings. The molecule has 1 heterocycles. The van der Waals surface area contributed by atoms with Gasteiger partial charge in [-0.15, -0.1) is 0 Å². The van der Waals surface area contributed by atoms with E-state index in [9.17, 15) is 0 Å². The summed E-state index contributed by atoms with van der Waals surface area (Å²) in [4.78, 5) is 5.18. The fourth-order valence-electron chi connectivity index (χ4n) is 1.13. The fourth-order valence-corrected chi connectivity index (χ4v) is 1.29. The van der Waals surface area contributed by atoms with Gasteiger partial charge < -0.3 is 0 Å². The average molecular weight is 182 g/mol. The summed E-state index contributed by atoms with van der Waals surface area (Å²) >= 11 is 5.68. The Bertz CT molecular complexity index is 297. The molecule has 0 fully saturated rings. The van der Waals surface area contributed by atoms with Crippen LogP contribution < -0.4 is 5.48 Å². The van der Waals surface area contributed by atoms with Crippen LogP contribution in [0.5, 0.6) is 0 Å². The molecular weight excluding hydrogens is 174 g/mol. The maximum absolute atomic E-state index is 5.68. The molecule has 1 unspecified atom stereocenters. The van der Waals surface area contributed by atoms with Gasteiger partial charge in [0.1, 0.15) is 11.3 Å². The minimum absolute atomic E-state index is 0.0568. The van der Waals surface area contributed by atoms with Crippen LogP contribution in [0, 0.1) is 0 Å². The van der Waals surface area contributed by atoms with E-state index in [1.165, 1.54) is 0 Å². The van der Waals surface area contributed by atoms with E-state index in [-0.39, 0.29) is 6.10 Å². The van der Waals surface area contributed by atoms with Crippen LogP contribution in [-0.2, 0) is 4.84 Å². The van der Waals surface area contributed by atoms with Gasteiger partial charge in [-0.3, -0.25) is 10.3 Å². The topological polar surface area (TPSA) is 21.3 Å². The number of hydrogen-bond donors (Lipinski definition) is 1. The van der Waals surface area contributed by atoms with Gasteiger partial charge in [-0.2, -0.15) is 0 Å². The van der Waals surface area contributed by atoms with E-state index in [1.807, 2.05) is 36.4 Å². The molecule has 2 nitrogen and oxygen atoms in total. The van der Waals surface area contributed by atoms with Crippen molar-refractivity contribution >= 4 is 11.6 Å². The third-order valence-corrected chi connectivity index (χ3v) is 1.91. The predicted octanol–water partition coefficient (Wildman–Crippen LogP) is 2.34. The molecule has 2 rings (SSSR count). The van der Waals surface area contributed by atoms with Crippen LogP contribution in [0.15, 0.2) is 41.6 Å². The van der Waals surface area contributed by atoms with Gasteiger partial charge in [0, 0.05) is 0 Å². The molecule has 3 heteroatoms. The molecule has 0 saturated heterocycles. The summed E-state index contributed by atoms with van der Waals surface area (Å²) < 4.78 is 0. The lowest BCUT2D eigenvalue weighted by molar-refractivity contribution is 0.0451. The fraction of sp³-hybridized carbons (Fsp3) is 0.111. The lowest BCUT2D eigenvalue weighted by Crippen LogP contribution is -2.05. The van der Waals surface area contributed by atoms with Crippen molar-refractivity contribution in [1.82, 2.24) is 5.48 Å². The lowest BCUT2D eigenvalue weighted by Gasteiger charge is -2.05. The van der Waals surface area contributed by atoms with Gasteiger partial charge in [-0.1, -0.05) is 41.9 Å². The largest absolute Gasteiger partial charge is 0.263 e. The second-order valence-corrected chi connectivity index (χ2v) is 2.97. The van der Waals surface area contributed by atoms with E-state index in [0.717, 1.165) is 5.56 Å². The molecule has 0 amide bonds. The van der Waals surface area contributed by atoms with Crippen LogP contribution in [0.2, 0.25) is 0 Å². The Kier molecular flexibility index (Phi) is 2.02. The van der Waals surface area contributed by atoms with E-state index in [0.29, 0.717) is 5.16 Å². The first-order valence-corrected chi connectivity index (χ1v) is 4.08. The zero-order valence-electron chi connectivity index (χ0n) is 6.33. The van der Waals surface area contributed by atoms with Crippen molar-refractivity contribution in [2.24, 2.45) is 0 Å². The second-order valence-electron chi connectivity index (χ2n) is 2.57. The maximum atomic E-state index is 5.68. The summed E-state index contributed by atoms with van der Waals surface area (Å²) in [6, 6.07) is 9.91. The average Bonchev–Trinajstić information content (AvgIpc) is 2.54. The van der Waals surface area contributed by atoms with E-state index in [1.54, 1.807) is 0 Å². The van der Waals surface area contributed by atoms with Gasteiger partial charge in [0.25, 0.3) is 0 Å². The Morgan fingerprint density at radius 1 is 1.25 bits per heavy atom. The number of hydroxylamine groups is 1. The first kappa shape index (κ1) is 7.65. The molecular formula is C9H8ClNO. The molecule has 1 aromatic rings. The van der Waals surface area contributed by atoms with Crippen LogP contribution in [0.1, 0.15) is 11.7 Å². The third-order valence-electron chi connectivity index (χ3n) is 1.71. The molecule has 12 heavy (non-hydrogen) atoms. The van der Waals surface area contributed by atoms with Gasteiger partial charge in [-0.05, 0) is 11.6 Å². The standard InChI is InChI=1S/C9H8ClNO/c10-9-6-8(12-11-9)7-4-2-1-3-5-7/h1-6,8,11H. The molecule has 1 N–H and O–H groups in total. The Hall–Kier alpha value is -0.990. The van der Waals surface area contributed by atoms with E-state index in [2.05, 4.69) is 5.48 Å². The molecule has 1 aliphatic heterocycles. The number of nitrogens with one attached hydrogen (secondary N) is 1. The van der Waals surface area contributed by atoms with E-state index < -0.39 is 0 Å². The molecule has 0 spiro atoms. The zero-order valence-corrected chi connectivity index (χ0v) is 7.08. The highest BCUT2D eigenvalue weighted by molar-refractivity contribution is 6.29. The first-order valence-electron chi connectivity index (χ1n) is 3.70. The number of hydrogen-bond acceptors (Lipinski definition) is 2. The number of rotatable bonds is 1. The molecule has 62 valence electrons. The van der Waals surface area contributed by atoms with Crippen molar-refractivity contribution < 1.29 is 4.84 Å². The van der Waals surface area contributed by atoms with Gasteiger partial charge in [0.05, 0.1) is 0 Å². The minimum atomic E-state index is -0.0568. The molecule has 0 aromatic heterocycles. The summed E-state index contributed by atoms with van der Waals surface area (Å²) in [5, 5.41) is 0.545. The third kappa shape index (κ3) is 1.44. The van der Waals surface area contributed by atoms with Crippen molar-refractivity contribution in [1.29, 1.82) is 0 Å². The van der Waals surface area contributed by atoms with Gasteiger partial charge >= 0.3 is 0 Å². The van der Waals surface area contributed by atoms with Crippen molar-refractivity contribution in [2.75, 3.05) is 0 Å². The summed E-state index contributed by atoms with van der Waals surface area (Å²) in [7, 11) is 0. The summed E-state index contributed by atoms with van der Waals surface area (Å²) in [5.41, 5.74) is 3.69. The Labute approximate surface area is 75.8 Å². The van der Waals surface area contributed by atoms with Crippen molar-refractivity contribution in [3.05, 3.63) is 47.1 Å². The van der Waals surface area contributed by atoms with Crippen LogP contribution in [-0.4, -0.2) is 0 Å². The molecule has 1 aromatic carbocycles. The maximum Gasteiger partial charge on any atom is 0.132 e. The first-order chi connectivity index (χ1) is 5.86. The number of halogens is 1. The highest BCUT2D eigenvalue weighted by atomic mass is 35.5. The molecule has 0 radical (unpaired) electrons. The molecule has 1 atom stereocenters. The monoisotopic (exact) mass is 181 g/mol. The quantitative estimate of drug-likeness (QED) is 0.672.